The Morgan fingerprint density at radius 3 is 2.21 bits per heavy atom. The van der Waals surface area contributed by atoms with E-state index in [-0.39, 0.29) is 12.5 Å². The highest BCUT2D eigenvalue weighted by molar-refractivity contribution is 5.88. The molecule has 0 bridgehead atoms. The lowest BCUT2D eigenvalue weighted by molar-refractivity contribution is -0.151. The molecule has 1 fully saturated rings. The molecule has 1 saturated heterocycles. The average Bonchev–Trinajstić information content (AvgIpc) is 2.91. The highest BCUT2D eigenvalue weighted by atomic mass is 19.4. The molecule has 2 aromatic carbocycles. The van der Waals surface area contributed by atoms with E-state index in [4.69, 9.17) is 14.7 Å². The highest BCUT2D eigenvalue weighted by Crippen LogP contribution is 2.31. The second kappa shape index (κ2) is 13.5. The van der Waals surface area contributed by atoms with Crippen LogP contribution in [-0.4, -0.2) is 58.9 Å². The van der Waals surface area contributed by atoms with Crippen molar-refractivity contribution in [3.05, 3.63) is 59.7 Å². The maximum Gasteiger partial charge on any atom is 0.416 e. The first-order valence-corrected chi connectivity index (χ1v) is 12.6. The van der Waals surface area contributed by atoms with Crippen molar-refractivity contribution in [2.75, 3.05) is 19.7 Å². The summed E-state index contributed by atoms with van der Waals surface area (Å²) in [4.78, 5) is 26.7. The number of aliphatic hydroxyl groups is 1. The number of aliphatic hydroxyl groups excluding tert-OH is 1. The average molecular weight is 539 g/mol. The Balaban J connectivity index is 1.55. The van der Waals surface area contributed by atoms with Gasteiger partial charge in [-0.3, -0.25) is 14.8 Å². The van der Waals surface area contributed by atoms with Crippen molar-refractivity contribution < 1.29 is 42.5 Å². The number of nitrogens with zero attached hydrogens (tertiary/aromatic N) is 1. The van der Waals surface area contributed by atoms with E-state index in [2.05, 4.69) is 0 Å². The zero-order valence-corrected chi connectivity index (χ0v) is 21.1. The number of nitrogens with one attached hydrogen (secondary N) is 1. The van der Waals surface area contributed by atoms with E-state index in [0.29, 0.717) is 51.1 Å². The van der Waals surface area contributed by atoms with Gasteiger partial charge >= 0.3 is 6.18 Å². The summed E-state index contributed by atoms with van der Waals surface area (Å²) in [5, 5.41) is 19.4. The van der Waals surface area contributed by atoms with Gasteiger partial charge in [-0.1, -0.05) is 12.1 Å². The number of aryl methyl sites for hydroxylation is 1. The molecule has 0 spiro atoms. The number of ether oxygens (including phenoxy) is 2. The van der Waals surface area contributed by atoms with Crippen LogP contribution in [0.4, 0.5) is 13.2 Å². The van der Waals surface area contributed by atoms with E-state index in [0.717, 1.165) is 23.4 Å². The Hall–Kier alpha value is -3.31. The highest BCUT2D eigenvalue weighted by Gasteiger charge is 2.36. The number of alkyl halides is 3. The van der Waals surface area contributed by atoms with Crippen LogP contribution < -0.4 is 15.0 Å². The fourth-order valence-corrected chi connectivity index (χ4v) is 4.45. The van der Waals surface area contributed by atoms with E-state index in [9.17, 15) is 27.9 Å². The van der Waals surface area contributed by atoms with Crippen LogP contribution >= 0.6 is 0 Å². The molecule has 1 aliphatic rings. The molecule has 0 saturated carbocycles. The van der Waals surface area contributed by atoms with E-state index < -0.39 is 35.6 Å². The summed E-state index contributed by atoms with van der Waals surface area (Å²) >= 11 is 0. The van der Waals surface area contributed by atoms with Crippen molar-refractivity contribution in [3.63, 3.8) is 0 Å². The summed E-state index contributed by atoms with van der Waals surface area (Å²) in [6.45, 7) is 3.06. The number of hydroxylamine groups is 1. The van der Waals surface area contributed by atoms with Gasteiger partial charge in [0.05, 0.1) is 18.1 Å². The van der Waals surface area contributed by atoms with Crippen molar-refractivity contribution in [1.82, 2.24) is 10.4 Å². The Labute approximate surface area is 219 Å². The Bertz CT molecular complexity index is 1040. The van der Waals surface area contributed by atoms with E-state index >= 15 is 0 Å². The van der Waals surface area contributed by atoms with Crippen LogP contribution in [0, 0.1) is 5.92 Å². The lowest BCUT2D eigenvalue weighted by Gasteiger charge is -2.35. The number of hydrogen-bond acceptors (Lipinski definition) is 6. The molecule has 0 aromatic heterocycles. The zero-order valence-electron chi connectivity index (χ0n) is 21.1. The first kappa shape index (κ1) is 29.2. The number of carbonyl (C=O) groups is 2. The van der Waals surface area contributed by atoms with Gasteiger partial charge in [0.25, 0.3) is 5.91 Å². The van der Waals surface area contributed by atoms with Gasteiger partial charge in [-0.15, -0.1) is 0 Å². The van der Waals surface area contributed by atoms with Gasteiger partial charge in [-0.2, -0.15) is 13.2 Å². The summed E-state index contributed by atoms with van der Waals surface area (Å²) in [7, 11) is 0. The molecule has 1 unspecified atom stereocenters. The topological polar surface area (TPSA) is 108 Å². The quantitative estimate of drug-likeness (QED) is 0.295. The molecule has 1 aliphatic heterocycles. The summed E-state index contributed by atoms with van der Waals surface area (Å²) in [6.07, 6.45) is -4.19. The molecule has 208 valence electrons. The van der Waals surface area contributed by atoms with Crippen LogP contribution in [0.25, 0.3) is 0 Å². The summed E-state index contributed by atoms with van der Waals surface area (Å²) in [5.74, 6) is -1.43. The fourth-order valence-electron chi connectivity index (χ4n) is 4.45. The summed E-state index contributed by atoms with van der Waals surface area (Å²) in [5.41, 5.74) is 1.67. The number of benzene rings is 2. The van der Waals surface area contributed by atoms with Crippen LogP contribution in [0.2, 0.25) is 0 Å². The van der Waals surface area contributed by atoms with Gasteiger partial charge in [0.2, 0.25) is 5.91 Å². The van der Waals surface area contributed by atoms with E-state index in [1.165, 1.54) is 17.6 Å². The van der Waals surface area contributed by atoms with Crippen molar-refractivity contribution >= 4 is 11.8 Å². The Morgan fingerprint density at radius 2 is 1.66 bits per heavy atom. The Morgan fingerprint density at radius 1 is 1.05 bits per heavy atom. The third-order valence-electron chi connectivity index (χ3n) is 6.53. The molecule has 0 aliphatic carbocycles. The van der Waals surface area contributed by atoms with Gasteiger partial charge in [0.15, 0.2) is 0 Å². The predicted octanol–water partition coefficient (Wildman–Crippen LogP) is 3.98. The minimum Gasteiger partial charge on any atom is -0.494 e. The smallest absolute Gasteiger partial charge is 0.416 e. The lowest BCUT2D eigenvalue weighted by Crippen LogP contribution is -2.49. The molecule has 3 rings (SSSR count). The minimum absolute atomic E-state index is 0.225. The third-order valence-corrected chi connectivity index (χ3v) is 6.53. The van der Waals surface area contributed by atoms with E-state index in [1.807, 2.05) is 31.2 Å². The van der Waals surface area contributed by atoms with Crippen LogP contribution in [0.1, 0.15) is 43.7 Å². The molecule has 8 nitrogen and oxygen atoms in total. The second-order valence-corrected chi connectivity index (χ2v) is 9.16. The molecule has 1 heterocycles. The molecule has 2 aromatic rings. The molecule has 0 radical (unpaired) electrons. The third kappa shape index (κ3) is 8.09. The first-order valence-electron chi connectivity index (χ1n) is 12.6. The molecular formula is C27H33F3N2O6. The van der Waals surface area contributed by atoms with Crippen molar-refractivity contribution in [2.24, 2.45) is 5.92 Å². The standard InChI is InChI=1S/C27H33F3N2O6/c1-2-37-20-10-6-18(7-11-20)4-3-5-23(24(33)25(34)31-36)26(35)32-16-14-22(15-17-32)38-21-12-8-19(9-13-21)27(28,29)30/h6-13,22-24,33,36H,2-5,14-17H2,1H3,(H,31,34)/t23?,24-/m0/s1. The molecule has 11 heteroatoms. The van der Waals surface area contributed by atoms with Gasteiger partial charge in [0.1, 0.15) is 23.7 Å². The molecule has 2 atom stereocenters. The number of halogens is 3. The van der Waals surface area contributed by atoms with Crippen LogP contribution in [-0.2, 0) is 22.2 Å². The largest absolute Gasteiger partial charge is 0.494 e. The summed E-state index contributed by atoms with van der Waals surface area (Å²) < 4.78 is 49.5. The normalized spacial score (nSPS) is 16.0. The van der Waals surface area contributed by atoms with Gasteiger partial charge in [-0.25, -0.2) is 5.48 Å². The van der Waals surface area contributed by atoms with Crippen molar-refractivity contribution in [3.8, 4) is 11.5 Å². The number of rotatable bonds is 11. The van der Waals surface area contributed by atoms with Crippen LogP contribution in [0.15, 0.2) is 48.5 Å². The van der Waals surface area contributed by atoms with Gasteiger partial charge < -0.3 is 19.5 Å². The lowest BCUT2D eigenvalue weighted by atomic mass is 9.91. The Kier molecular flexibility index (Phi) is 10.4. The maximum atomic E-state index is 13.3. The van der Waals surface area contributed by atoms with Crippen molar-refractivity contribution in [1.29, 1.82) is 0 Å². The number of hydrogen-bond donors (Lipinski definition) is 3. The monoisotopic (exact) mass is 538 g/mol. The summed E-state index contributed by atoms with van der Waals surface area (Å²) in [6, 6.07) is 12.0. The zero-order chi connectivity index (χ0) is 27.7. The molecule has 38 heavy (non-hydrogen) atoms. The minimum atomic E-state index is -4.42. The first-order chi connectivity index (χ1) is 18.1. The SMILES string of the molecule is CCOc1ccc(CCCC(C(=O)N2CCC(Oc3ccc(C(F)(F)F)cc3)CC2)[C@H](O)C(=O)NO)cc1. The van der Waals surface area contributed by atoms with Gasteiger partial charge in [-0.05, 0) is 68.1 Å². The second-order valence-electron chi connectivity index (χ2n) is 9.16. The molecule has 3 N–H and O–H groups in total. The van der Waals surface area contributed by atoms with Gasteiger partial charge in [0, 0.05) is 25.9 Å². The number of carbonyl (C=O) groups excluding carboxylic acids is 2. The van der Waals surface area contributed by atoms with Crippen molar-refractivity contribution in [2.45, 2.75) is 57.4 Å². The fraction of sp³-hybridized carbons (Fsp3) is 0.481. The number of likely N-dealkylation sites (tertiary alicyclic amines) is 1. The van der Waals surface area contributed by atoms with Crippen LogP contribution in [0.3, 0.4) is 0 Å². The predicted molar refractivity (Wildman–Crippen MR) is 132 cm³/mol. The molecule has 2 amide bonds. The maximum absolute atomic E-state index is 13.3. The van der Waals surface area contributed by atoms with E-state index in [1.54, 1.807) is 4.90 Å². The number of amides is 2. The number of piperidine rings is 1. The molecular weight excluding hydrogens is 505 g/mol. The van der Waals surface area contributed by atoms with Crippen LogP contribution in [0.5, 0.6) is 11.5 Å².